The van der Waals surface area contributed by atoms with E-state index in [1.165, 1.54) is 0 Å². The predicted molar refractivity (Wildman–Crippen MR) is 122 cm³/mol. The van der Waals surface area contributed by atoms with Crippen LogP contribution in [-0.2, 0) is 16.1 Å². The van der Waals surface area contributed by atoms with E-state index in [1.807, 2.05) is 12.1 Å². The van der Waals surface area contributed by atoms with Gasteiger partial charge < -0.3 is 26.0 Å². The maximum atomic E-state index is 11.9. The second-order valence-corrected chi connectivity index (χ2v) is 7.49. The van der Waals surface area contributed by atoms with Crippen LogP contribution in [0.1, 0.15) is 35.7 Å². The van der Waals surface area contributed by atoms with Gasteiger partial charge in [0.25, 0.3) is 5.91 Å². The molecule has 29 heavy (non-hydrogen) atoms. The third-order valence-corrected chi connectivity index (χ3v) is 5.31. The summed E-state index contributed by atoms with van der Waals surface area (Å²) < 4.78 is 5.62. The third kappa shape index (κ3) is 6.30. The van der Waals surface area contributed by atoms with Crippen LogP contribution in [-0.4, -0.2) is 62.1 Å². The Morgan fingerprint density at radius 3 is 2.62 bits per heavy atom. The van der Waals surface area contributed by atoms with Gasteiger partial charge in [-0.05, 0) is 37.5 Å². The molecule has 2 heterocycles. The summed E-state index contributed by atoms with van der Waals surface area (Å²) >= 11 is 0. The van der Waals surface area contributed by atoms with Crippen molar-refractivity contribution in [3.8, 4) is 0 Å². The van der Waals surface area contributed by atoms with E-state index in [0.29, 0.717) is 12.1 Å². The van der Waals surface area contributed by atoms with Crippen LogP contribution in [0.2, 0.25) is 0 Å². The lowest BCUT2D eigenvalue weighted by molar-refractivity contribution is -0.117. The molecule has 1 atom stereocenters. The van der Waals surface area contributed by atoms with Gasteiger partial charge in [0.1, 0.15) is 0 Å². The summed E-state index contributed by atoms with van der Waals surface area (Å²) in [5.41, 5.74) is 6.83. The van der Waals surface area contributed by atoms with Crippen molar-refractivity contribution in [3.63, 3.8) is 0 Å². The van der Waals surface area contributed by atoms with Crippen molar-refractivity contribution in [3.05, 3.63) is 35.4 Å². The summed E-state index contributed by atoms with van der Waals surface area (Å²) in [6.07, 6.45) is 2.27. The third-order valence-electron chi connectivity index (χ3n) is 5.31. The molecule has 2 fully saturated rings. The fraction of sp³-hybridized carbons (Fsp3) is 0.550. The average molecular weight is 515 g/mol. The number of hydrogen-bond acceptors (Lipinski definition) is 4. The van der Waals surface area contributed by atoms with Crippen molar-refractivity contribution in [1.82, 2.24) is 15.5 Å². The molecule has 160 valence electrons. The minimum atomic E-state index is -0.567. The zero-order valence-corrected chi connectivity index (χ0v) is 19.1. The van der Waals surface area contributed by atoms with E-state index in [4.69, 9.17) is 15.5 Å². The standard InChI is InChI=1S/C20H29N5O3.HI/c1-2-22-19(25-9-7-20(13-25)8-10-28-14-20)24-11-15-3-5-16(6-4-15)18(27)23-12-17(21)26;/h3-6H,2,7-14H2,1H3,(H2,21,26)(H,22,24)(H,23,27);1H. The lowest BCUT2D eigenvalue weighted by atomic mass is 9.87. The van der Waals surface area contributed by atoms with E-state index in [9.17, 15) is 9.59 Å². The molecule has 0 aliphatic carbocycles. The zero-order chi connectivity index (χ0) is 20.0. The molecule has 2 amide bonds. The molecule has 1 unspecified atom stereocenters. The van der Waals surface area contributed by atoms with Crippen LogP contribution in [0, 0.1) is 5.41 Å². The van der Waals surface area contributed by atoms with Crippen molar-refractivity contribution in [2.45, 2.75) is 26.3 Å². The smallest absolute Gasteiger partial charge is 0.251 e. The molecular weight excluding hydrogens is 485 g/mol. The Bertz CT molecular complexity index is 732. The number of rotatable bonds is 6. The van der Waals surface area contributed by atoms with Crippen molar-refractivity contribution in [2.75, 3.05) is 39.4 Å². The van der Waals surface area contributed by atoms with E-state index in [0.717, 1.165) is 57.2 Å². The van der Waals surface area contributed by atoms with Crippen LogP contribution in [0.25, 0.3) is 0 Å². The first-order valence-corrected chi connectivity index (χ1v) is 9.78. The number of hydrogen-bond donors (Lipinski definition) is 3. The van der Waals surface area contributed by atoms with Gasteiger partial charge in [0.2, 0.25) is 5.91 Å². The quantitative estimate of drug-likeness (QED) is 0.299. The summed E-state index contributed by atoms with van der Waals surface area (Å²) in [7, 11) is 0. The van der Waals surface area contributed by atoms with Gasteiger partial charge in [0, 0.05) is 37.2 Å². The van der Waals surface area contributed by atoms with E-state index in [2.05, 4.69) is 22.5 Å². The largest absolute Gasteiger partial charge is 0.381 e. The molecule has 0 bridgehead atoms. The molecule has 2 aliphatic heterocycles. The molecule has 1 spiro atoms. The monoisotopic (exact) mass is 515 g/mol. The van der Waals surface area contributed by atoms with E-state index < -0.39 is 5.91 Å². The lowest BCUT2D eigenvalue weighted by Gasteiger charge is -2.25. The summed E-state index contributed by atoms with van der Waals surface area (Å²) in [6.45, 7) is 6.94. The van der Waals surface area contributed by atoms with Gasteiger partial charge in [-0.15, -0.1) is 24.0 Å². The normalized spacial score (nSPS) is 21.1. The first-order chi connectivity index (χ1) is 13.5. The Balaban J connectivity index is 0.00000300. The molecule has 9 heteroatoms. The number of nitrogens with one attached hydrogen (secondary N) is 2. The Morgan fingerprint density at radius 1 is 1.24 bits per heavy atom. The fourth-order valence-corrected chi connectivity index (χ4v) is 3.71. The van der Waals surface area contributed by atoms with Gasteiger partial charge in [-0.25, -0.2) is 4.99 Å². The van der Waals surface area contributed by atoms with Crippen molar-refractivity contribution in [2.24, 2.45) is 16.1 Å². The number of amides is 2. The number of likely N-dealkylation sites (tertiary alicyclic amines) is 1. The number of carbonyl (C=O) groups excluding carboxylic acids is 2. The first-order valence-electron chi connectivity index (χ1n) is 9.78. The van der Waals surface area contributed by atoms with Crippen molar-refractivity contribution >= 4 is 41.8 Å². The van der Waals surface area contributed by atoms with Crippen LogP contribution in [0.5, 0.6) is 0 Å². The molecular formula is C20H30IN5O3. The number of halogens is 1. The van der Waals surface area contributed by atoms with Gasteiger partial charge in [-0.2, -0.15) is 0 Å². The SMILES string of the molecule is CCNC(=NCc1ccc(C(=O)NCC(N)=O)cc1)N1CCC2(CCOC2)C1.I. The number of primary amides is 1. The zero-order valence-electron chi connectivity index (χ0n) is 16.8. The minimum absolute atomic E-state index is 0. The van der Waals surface area contributed by atoms with Gasteiger partial charge in [0.15, 0.2) is 5.96 Å². The molecule has 2 saturated heterocycles. The number of benzene rings is 1. The highest BCUT2D eigenvalue weighted by Gasteiger charge is 2.42. The first kappa shape index (κ1) is 23.4. The van der Waals surface area contributed by atoms with Crippen LogP contribution < -0.4 is 16.4 Å². The lowest BCUT2D eigenvalue weighted by Crippen LogP contribution is -2.41. The van der Waals surface area contributed by atoms with Crippen LogP contribution in [0.4, 0.5) is 0 Å². The Morgan fingerprint density at radius 2 is 2.00 bits per heavy atom. The number of ether oxygens (including phenoxy) is 1. The van der Waals surface area contributed by atoms with Gasteiger partial charge in [-0.3, -0.25) is 9.59 Å². The van der Waals surface area contributed by atoms with E-state index >= 15 is 0 Å². The molecule has 0 saturated carbocycles. The maximum absolute atomic E-state index is 11.9. The molecule has 2 aliphatic rings. The maximum Gasteiger partial charge on any atom is 0.251 e. The van der Waals surface area contributed by atoms with E-state index in [-0.39, 0.29) is 41.8 Å². The number of aliphatic imine (C=N–C) groups is 1. The summed E-state index contributed by atoms with van der Waals surface area (Å²) in [5, 5.41) is 5.86. The van der Waals surface area contributed by atoms with Crippen LogP contribution >= 0.6 is 24.0 Å². The number of nitrogens with zero attached hydrogens (tertiary/aromatic N) is 2. The number of guanidine groups is 1. The summed E-state index contributed by atoms with van der Waals surface area (Å²) in [6, 6.07) is 7.22. The Kier molecular flexibility index (Phi) is 8.69. The topological polar surface area (TPSA) is 109 Å². The molecule has 0 radical (unpaired) electrons. The Hall–Kier alpha value is -1.88. The molecule has 4 N–H and O–H groups in total. The highest BCUT2D eigenvalue weighted by atomic mass is 127. The van der Waals surface area contributed by atoms with Gasteiger partial charge in [0.05, 0.1) is 19.7 Å². The van der Waals surface area contributed by atoms with Gasteiger partial charge >= 0.3 is 0 Å². The van der Waals surface area contributed by atoms with Crippen molar-refractivity contribution < 1.29 is 14.3 Å². The highest BCUT2D eigenvalue weighted by Crippen LogP contribution is 2.38. The summed E-state index contributed by atoms with van der Waals surface area (Å²) in [4.78, 5) is 29.8. The molecule has 1 aromatic carbocycles. The van der Waals surface area contributed by atoms with Crippen LogP contribution in [0.3, 0.4) is 0 Å². The second-order valence-electron chi connectivity index (χ2n) is 7.49. The van der Waals surface area contributed by atoms with Crippen molar-refractivity contribution in [1.29, 1.82) is 0 Å². The number of nitrogens with two attached hydrogens (primary N) is 1. The average Bonchev–Trinajstić information content (AvgIpc) is 3.33. The molecule has 3 rings (SSSR count). The van der Waals surface area contributed by atoms with Gasteiger partial charge in [-0.1, -0.05) is 12.1 Å². The Labute approximate surface area is 188 Å². The number of carbonyl (C=O) groups is 2. The molecule has 1 aromatic rings. The van der Waals surface area contributed by atoms with Crippen LogP contribution in [0.15, 0.2) is 29.3 Å². The summed E-state index contributed by atoms with van der Waals surface area (Å²) in [5.74, 6) is 0.0426. The second kappa shape index (κ2) is 10.8. The molecule has 0 aromatic heterocycles. The highest BCUT2D eigenvalue weighted by molar-refractivity contribution is 14.0. The van der Waals surface area contributed by atoms with E-state index in [1.54, 1.807) is 12.1 Å². The predicted octanol–water partition coefficient (Wildman–Crippen LogP) is 1.10. The fourth-order valence-electron chi connectivity index (χ4n) is 3.71. The minimum Gasteiger partial charge on any atom is -0.381 e. The molecule has 8 nitrogen and oxygen atoms in total.